The van der Waals surface area contributed by atoms with Gasteiger partial charge in [-0.2, -0.15) is 0 Å². The van der Waals surface area contributed by atoms with Gasteiger partial charge in [-0.1, -0.05) is 150 Å². The third-order valence-electron chi connectivity index (χ3n) is 19.6. The zero-order valence-corrected chi connectivity index (χ0v) is 80.0. The van der Waals surface area contributed by atoms with Crippen LogP contribution in [0, 0.1) is 16.2 Å². The monoisotopic (exact) mass is 2020 g/mol. The van der Waals surface area contributed by atoms with Crippen LogP contribution in [0.25, 0.3) is 0 Å². The van der Waals surface area contributed by atoms with Crippen molar-refractivity contribution in [2.75, 3.05) is 132 Å². The summed E-state index contributed by atoms with van der Waals surface area (Å²) in [7, 11) is 0. The smallest absolute Gasteiger partial charge is 0.407 e. The van der Waals surface area contributed by atoms with Crippen LogP contribution in [0.3, 0.4) is 0 Å². The lowest BCUT2D eigenvalue weighted by atomic mass is 9.92. The molecule has 786 valence electrons. The van der Waals surface area contributed by atoms with E-state index in [0.29, 0.717) is 75.7 Å². The lowest BCUT2D eigenvalue weighted by molar-refractivity contribution is -0.258. The molecule has 0 fully saturated rings. The SMILES string of the molecule is C=CC(=O)OCC(COCCC(COC(=O)C=C)(COC(=O)C=C)OC(=O)NCCCCCCn1c(=O)n(CCCCCCCC(=O)OCC(COCC(COC(=O)C=C)(OC(=O)C=C)OC(=O)C=C)(COC(=O)C=C)COC(=O)C=C)c(=O)n(CCCCCCCC(=O)OCC(COCC(COC(=O)C=C)(OC(=O)C=C)OC(=O)C=C)(COC(=O)C=C)COC(=O)C=C)c1=O)(COC(=O)C=C)COC(=O)C=C. The zero-order valence-electron chi connectivity index (χ0n) is 80.0. The molecule has 46 heteroatoms. The van der Waals surface area contributed by atoms with E-state index in [-0.39, 0.29) is 77.5 Å². The quantitative estimate of drug-likeness (QED) is 0.0269. The van der Waals surface area contributed by atoms with Crippen LogP contribution in [0.1, 0.15) is 109 Å². The molecule has 0 unspecified atom stereocenters. The van der Waals surface area contributed by atoms with E-state index < -0.39 is 290 Å². The summed E-state index contributed by atoms with van der Waals surface area (Å²) in [4.78, 5) is 271. The molecular weight excluding hydrogens is 1890 g/mol. The lowest BCUT2D eigenvalue weighted by Crippen LogP contribution is -2.54. The average Bonchev–Trinajstić information content (AvgIpc) is 0.783. The van der Waals surface area contributed by atoms with Gasteiger partial charge >= 0.3 is 136 Å². The Labute approximate surface area is 824 Å². The van der Waals surface area contributed by atoms with E-state index in [2.05, 4.69) is 104 Å². The summed E-state index contributed by atoms with van der Waals surface area (Å²) in [6.45, 7) is 35.7. The van der Waals surface area contributed by atoms with E-state index in [1.165, 1.54) is 0 Å². The lowest BCUT2D eigenvalue weighted by Gasteiger charge is -2.35. The standard InChI is InChI=1S/C97H126N4O42/c1-16-71(102)126-56-92(57-127-72(103)17-2,58-128-73(104)18-3)53-123-52-47-95(65-135-78(109)23-8,66-136-79(110)24-9)143-88(119)98-48-41-35-38-44-51-101-90(121)99(49-42-36-31-33-39-45-86(117)133-63-93(59-129-74(105)19-4,60-130-75(106)20-5)54-124-67-96(139-82(113)27-12,140-83(114)28-13)69-137-80(111)25-10)89(120)100(91(101)122)50-43-37-32-34-40-46-87(118)134-64-94(61-131-76(107)21-6,62-132-77(108)22-7)55-125-68-97(141-84(115)29-14,142-85(116)30-15)70-138-81(112)26-11/h16-30H,1-15,31-70H2,(H,98,119). The van der Waals surface area contributed by atoms with Crippen LogP contribution < -0.4 is 22.4 Å². The van der Waals surface area contributed by atoms with Gasteiger partial charge in [0.1, 0.15) is 85.9 Å². The maximum Gasteiger partial charge on any atom is 0.407 e. The Kier molecular flexibility index (Phi) is 61.0. The molecule has 0 radical (unpaired) electrons. The number of rotatable bonds is 82. The molecule has 0 saturated carbocycles. The van der Waals surface area contributed by atoms with Gasteiger partial charge in [0.05, 0.1) is 42.7 Å². The summed E-state index contributed by atoms with van der Waals surface area (Å²) in [6.07, 6.45) is 13.5. The van der Waals surface area contributed by atoms with E-state index in [1.54, 1.807) is 0 Å². The normalized spacial score (nSPS) is 11.0. The van der Waals surface area contributed by atoms with Crippen LogP contribution >= 0.6 is 0 Å². The van der Waals surface area contributed by atoms with E-state index >= 15 is 0 Å². The molecule has 1 amide bonds. The first-order valence-electron chi connectivity index (χ1n) is 44.2. The Morgan fingerprint density at radius 2 is 0.448 bits per heavy atom. The molecule has 1 N–H and O–H groups in total. The molecule has 1 rings (SSSR count). The van der Waals surface area contributed by atoms with Crippen LogP contribution in [0.5, 0.6) is 0 Å². The van der Waals surface area contributed by atoms with Crippen molar-refractivity contribution in [2.24, 2.45) is 16.2 Å². The summed E-state index contributed by atoms with van der Waals surface area (Å²) in [5, 5.41) is 2.57. The summed E-state index contributed by atoms with van der Waals surface area (Å²) in [5.74, 6) is -22.3. The number of hydrogen-bond donors (Lipinski definition) is 1. The molecule has 46 nitrogen and oxygen atoms in total. The van der Waals surface area contributed by atoms with Crippen molar-refractivity contribution in [3.05, 3.63) is 221 Å². The number of carbonyl (C=O) groups excluding carboxylic acids is 18. The molecule has 0 saturated heterocycles. The number of esters is 17. The second-order valence-electron chi connectivity index (χ2n) is 31.1. The first-order chi connectivity index (χ1) is 68.1. The Balaban J connectivity index is 3.75. The van der Waals surface area contributed by atoms with Crippen LogP contribution in [0.15, 0.2) is 204 Å². The van der Waals surface area contributed by atoms with Gasteiger partial charge in [-0.15, -0.1) is 0 Å². The molecule has 143 heavy (non-hydrogen) atoms. The minimum atomic E-state index is -2.55. The maximum absolute atomic E-state index is 14.4. The predicted octanol–water partition coefficient (Wildman–Crippen LogP) is 5.69. The number of hydrogen-bond acceptors (Lipinski definition) is 42. The number of unbranched alkanes of at least 4 members (excludes halogenated alkanes) is 11. The van der Waals surface area contributed by atoms with Gasteiger partial charge in [0.15, 0.2) is 18.8 Å². The van der Waals surface area contributed by atoms with Crippen LogP contribution in [-0.2, 0) is 201 Å². The Morgan fingerprint density at radius 1 is 0.231 bits per heavy atom. The number of nitrogens with one attached hydrogen (secondary N) is 1. The highest BCUT2D eigenvalue weighted by molar-refractivity contribution is 5.87. The molecule has 0 aromatic carbocycles. The van der Waals surface area contributed by atoms with Crippen molar-refractivity contribution in [1.82, 2.24) is 19.0 Å². The molecule has 1 aromatic rings. The molecular formula is C97H126N4O42. The summed E-state index contributed by atoms with van der Waals surface area (Å²) >= 11 is 0. The van der Waals surface area contributed by atoms with Gasteiger partial charge in [-0.25, -0.2) is 105 Å². The zero-order chi connectivity index (χ0) is 107. The average molecular weight is 2020 g/mol. The number of alkyl carbamates (subject to hydrolysis) is 1. The second kappa shape index (κ2) is 69.5. The van der Waals surface area contributed by atoms with Crippen LogP contribution in [-0.4, -0.2) is 271 Å². The fourth-order valence-electron chi connectivity index (χ4n) is 11.9. The minimum Gasteiger partial charge on any atom is -0.465 e. The maximum atomic E-state index is 14.4. The van der Waals surface area contributed by atoms with E-state index in [1.807, 2.05) is 0 Å². The van der Waals surface area contributed by atoms with Crippen molar-refractivity contribution < 1.29 is 186 Å². The molecule has 0 atom stereocenters. The third-order valence-corrected chi connectivity index (χ3v) is 19.6. The first kappa shape index (κ1) is 126. The highest BCUT2D eigenvalue weighted by Crippen LogP contribution is 2.30. The van der Waals surface area contributed by atoms with Crippen LogP contribution in [0.4, 0.5) is 4.79 Å². The number of nitrogens with zero attached hydrogens (tertiary/aromatic N) is 3. The molecule has 0 aliphatic carbocycles. The largest absolute Gasteiger partial charge is 0.465 e. The van der Waals surface area contributed by atoms with Crippen molar-refractivity contribution >= 4 is 108 Å². The second-order valence-corrected chi connectivity index (χ2v) is 31.1. The van der Waals surface area contributed by atoms with Crippen molar-refractivity contribution in [1.29, 1.82) is 0 Å². The van der Waals surface area contributed by atoms with E-state index in [4.69, 9.17) is 99.5 Å². The van der Waals surface area contributed by atoms with Gasteiger partial charge in [-0.05, 0) is 38.5 Å². The van der Waals surface area contributed by atoms with Gasteiger partial charge in [-0.3, -0.25) is 9.59 Å². The molecule has 0 bridgehead atoms. The third kappa shape index (κ3) is 50.9. The molecule has 0 aliphatic rings. The highest BCUT2D eigenvalue weighted by atomic mass is 16.8. The number of carbonyl (C=O) groups is 18. The Hall–Kier alpha value is -15.4. The summed E-state index contributed by atoms with van der Waals surface area (Å²) in [6, 6.07) is 0. The minimum absolute atomic E-state index is 0.0904. The topological polar surface area (TPSA) is 579 Å². The fraction of sp³-hybridized carbons (Fsp3) is 0.474. The van der Waals surface area contributed by atoms with Gasteiger partial charge < -0.3 is 105 Å². The fourth-order valence-corrected chi connectivity index (χ4v) is 11.9. The first-order valence-corrected chi connectivity index (χ1v) is 44.2. The number of aromatic nitrogens is 3. The molecule has 0 aliphatic heterocycles. The molecule has 1 aromatic heterocycles. The summed E-state index contributed by atoms with van der Waals surface area (Å²) in [5.41, 5.74) is -10.1. The van der Waals surface area contributed by atoms with Gasteiger partial charge in [0, 0.05) is 137 Å². The van der Waals surface area contributed by atoms with Gasteiger partial charge in [0.2, 0.25) is 0 Å². The highest BCUT2D eigenvalue weighted by Gasteiger charge is 2.47. The Bertz CT molecular complexity index is 4480. The number of amides is 1. The number of ether oxygens (including phenoxy) is 21. The summed E-state index contributed by atoms with van der Waals surface area (Å²) < 4.78 is 116. The van der Waals surface area contributed by atoms with Crippen molar-refractivity contribution in [3.8, 4) is 0 Å². The van der Waals surface area contributed by atoms with Crippen LogP contribution in [0.2, 0.25) is 0 Å². The van der Waals surface area contributed by atoms with Gasteiger partial charge in [0.25, 0.3) is 0 Å². The van der Waals surface area contributed by atoms with E-state index in [9.17, 15) is 101 Å². The van der Waals surface area contributed by atoms with E-state index in [0.717, 1.165) is 80.5 Å². The van der Waals surface area contributed by atoms with Crippen molar-refractivity contribution in [2.45, 2.75) is 146 Å². The molecule has 1 heterocycles. The predicted molar refractivity (Wildman–Crippen MR) is 500 cm³/mol. The molecule has 0 spiro atoms. The Morgan fingerprint density at radius 3 is 0.706 bits per heavy atom. The van der Waals surface area contributed by atoms with Crippen molar-refractivity contribution in [3.63, 3.8) is 0 Å².